The molecule has 0 radical (unpaired) electrons. The minimum atomic E-state index is 0.791. The second kappa shape index (κ2) is 4.27. The highest BCUT2D eigenvalue weighted by Gasteiger charge is 2.01. The SMILES string of the molecule is Clc1cccc(Cn2ccc3ccccc32)c1. The van der Waals surface area contributed by atoms with E-state index in [1.165, 1.54) is 16.5 Å². The van der Waals surface area contributed by atoms with Gasteiger partial charge in [-0.25, -0.2) is 0 Å². The highest BCUT2D eigenvalue weighted by molar-refractivity contribution is 6.30. The van der Waals surface area contributed by atoms with Crippen LogP contribution >= 0.6 is 11.6 Å². The van der Waals surface area contributed by atoms with Crippen LogP contribution in [0.3, 0.4) is 0 Å². The number of benzene rings is 2. The predicted molar refractivity (Wildman–Crippen MR) is 72.5 cm³/mol. The maximum absolute atomic E-state index is 5.99. The summed E-state index contributed by atoms with van der Waals surface area (Å²) in [5.41, 5.74) is 2.48. The number of halogens is 1. The largest absolute Gasteiger partial charge is 0.343 e. The lowest BCUT2D eigenvalue weighted by atomic mass is 10.2. The van der Waals surface area contributed by atoms with Gasteiger partial charge in [-0.15, -0.1) is 0 Å². The van der Waals surface area contributed by atoms with E-state index in [2.05, 4.69) is 47.2 Å². The first kappa shape index (κ1) is 10.4. The fraction of sp³-hybridized carbons (Fsp3) is 0.0667. The normalized spacial score (nSPS) is 10.9. The van der Waals surface area contributed by atoms with Gasteiger partial charge in [0, 0.05) is 23.3 Å². The first-order chi connectivity index (χ1) is 8.33. The minimum absolute atomic E-state index is 0.791. The standard InChI is InChI=1S/C15H12ClN/c16-14-6-3-4-12(10-14)11-17-9-8-13-5-1-2-7-15(13)17/h1-10H,11H2. The molecule has 0 bridgehead atoms. The molecule has 0 saturated carbocycles. The summed E-state index contributed by atoms with van der Waals surface area (Å²) < 4.78 is 2.24. The summed E-state index contributed by atoms with van der Waals surface area (Å²) in [6.07, 6.45) is 2.12. The van der Waals surface area contributed by atoms with Crippen molar-refractivity contribution in [3.05, 3.63) is 71.4 Å². The number of fused-ring (bicyclic) bond motifs is 1. The Balaban J connectivity index is 2.00. The van der Waals surface area contributed by atoms with Gasteiger partial charge >= 0.3 is 0 Å². The van der Waals surface area contributed by atoms with Crippen molar-refractivity contribution in [2.75, 3.05) is 0 Å². The van der Waals surface area contributed by atoms with Crippen LogP contribution in [0.25, 0.3) is 10.9 Å². The van der Waals surface area contributed by atoms with Gasteiger partial charge in [-0.05, 0) is 35.2 Å². The van der Waals surface area contributed by atoms with Crippen molar-refractivity contribution in [2.45, 2.75) is 6.54 Å². The molecular weight excluding hydrogens is 230 g/mol. The van der Waals surface area contributed by atoms with Crippen LogP contribution < -0.4 is 0 Å². The van der Waals surface area contributed by atoms with E-state index < -0.39 is 0 Å². The Kier molecular flexibility index (Phi) is 2.62. The second-order valence-electron chi connectivity index (χ2n) is 4.13. The van der Waals surface area contributed by atoms with Gasteiger partial charge < -0.3 is 4.57 Å². The first-order valence-electron chi connectivity index (χ1n) is 5.61. The third kappa shape index (κ3) is 2.06. The average molecular weight is 242 g/mol. The Bertz CT molecular complexity index is 655. The lowest BCUT2D eigenvalue weighted by molar-refractivity contribution is 0.837. The molecule has 3 aromatic rings. The molecule has 0 aliphatic carbocycles. The molecule has 0 amide bonds. The molecule has 0 N–H and O–H groups in total. The van der Waals surface area contributed by atoms with E-state index in [0.717, 1.165) is 11.6 Å². The molecule has 84 valence electrons. The summed E-state index contributed by atoms with van der Waals surface area (Å²) in [7, 11) is 0. The zero-order valence-corrected chi connectivity index (χ0v) is 10.1. The van der Waals surface area contributed by atoms with Gasteiger partial charge in [0.2, 0.25) is 0 Å². The van der Waals surface area contributed by atoms with Crippen LogP contribution in [0.1, 0.15) is 5.56 Å². The van der Waals surface area contributed by atoms with E-state index in [4.69, 9.17) is 11.6 Å². The highest BCUT2D eigenvalue weighted by Crippen LogP contribution is 2.18. The smallest absolute Gasteiger partial charge is 0.0483 e. The van der Waals surface area contributed by atoms with Crippen molar-refractivity contribution in [1.82, 2.24) is 4.57 Å². The number of hydrogen-bond donors (Lipinski definition) is 0. The Morgan fingerprint density at radius 1 is 0.941 bits per heavy atom. The lowest BCUT2D eigenvalue weighted by Crippen LogP contribution is -1.97. The first-order valence-corrected chi connectivity index (χ1v) is 5.99. The quantitative estimate of drug-likeness (QED) is 0.629. The highest BCUT2D eigenvalue weighted by atomic mass is 35.5. The van der Waals surface area contributed by atoms with E-state index in [1.807, 2.05) is 18.2 Å². The number of rotatable bonds is 2. The van der Waals surface area contributed by atoms with Crippen molar-refractivity contribution in [3.63, 3.8) is 0 Å². The van der Waals surface area contributed by atoms with Gasteiger partial charge in [0.15, 0.2) is 0 Å². The summed E-state index contributed by atoms with van der Waals surface area (Å²) in [4.78, 5) is 0. The summed E-state index contributed by atoms with van der Waals surface area (Å²) in [5, 5.41) is 2.06. The molecular formula is C15H12ClN. The average Bonchev–Trinajstić information content (AvgIpc) is 2.73. The Morgan fingerprint density at radius 3 is 2.71 bits per heavy atom. The van der Waals surface area contributed by atoms with Gasteiger partial charge in [0.25, 0.3) is 0 Å². The van der Waals surface area contributed by atoms with Gasteiger partial charge in [0.05, 0.1) is 0 Å². The Hall–Kier alpha value is -1.73. The molecule has 0 saturated heterocycles. The van der Waals surface area contributed by atoms with Crippen molar-refractivity contribution in [2.24, 2.45) is 0 Å². The fourth-order valence-electron chi connectivity index (χ4n) is 2.11. The number of aromatic nitrogens is 1. The van der Waals surface area contributed by atoms with Gasteiger partial charge in [-0.1, -0.05) is 41.9 Å². The zero-order chi connectivity index (χ0) is 11.7. The molecule has 0 atom stereocenters. The van der Waals surface area contributed by atoms with E-state index in [9.17, 15) is 0 Å². The van der Waals surface area contributed by atoms with Gasteiger partial charge in [-0.3, -0.25) is 0 Å². The van der Waals surface area contributed by atoms with E-state index in [-0.39, 0.29) is 0 Å². The number of nitrogens with zero attached hydrogens (tertiary/aromatic N) is 1. The molecule has 1 nitrogen and oxygen atoms in total. The van der Waals surface area contributed by atoms with Crippen molar-refractivity contribution in [3.8, 4) is 0 Å². The maximum Gasteiger partial charge on any atom is 0.0483 e. The molecule has 0 aliphatic heterocycles. The summed E-state index contributed by atoms with van der Waals surface area (Å²) >= 11 is 5.99. The van der Waals surface area contributed by atoms with E-state index in [1.54, 1.807) is 0 Å². The molecule has 2 heteroatoms. The van der Waals surface area contributed by atoms with Gasteiger partial charge in [-0.2, -0.15) is 0 Å². The molecule has 0 aliphatic rings. The molecule has 3 rings (SSSR count). The molecule has 2 aromatic carbocycles. The molecule has 0 fully saturated rings. The van der Waals surface area contributed by atoms with Crippen LogP contribution in [0.5, 0.6) is 0 Å². The zero-order valence-electron chi connectivity index (χ0n) is 9.31. The van der Waals surface area contributed by atoms with Crippen LogP contribution in [-0.4, -0.2) is 4.57 Å². The minimum Gasteiger partial charge on any atom is -0.343 e. The van der Waals surface area contributed by atoms with Crippen LogP contribution in [0.2, 0.25) is 5.02 Å². The van der Waals surface area contributed by atoms with Crippen molar-refractivity contribution < 1.29 is 0 Å². The van der Waals surface area contributed by atoms with E-state index >= 15 is 0 Å². The third-order valence-electron chi connectivity index (χ3n) is 2.92. The third-order valence-corrected chi connectivity index (χ3v) is 3.16. The lowest BCUT2D eigenvalue weighted by Gasteiger charge is -2.05. The Morgan fingerprint density at radius 2 is 1.82 bits per heavy atom. The predicted octanol–water partition coefficient (Wildman–Crippen LogP) is 4.34. The Labute approximate surface area is 105 Å². The number of para-hydroxylation sites is 1. The van der Waals surface area contributed by atoms with Crippen LogP contribution in [0, 0.1) is 0 Å². The molecule has 1 heterocycles. The maximum atomic E-state index is 5.99. The van der Waals surface area contributed by atoms with Gasteiger partial charge in [0.1, 0.15) is 0 Å². The monoisotopic (exact) mass is 241 g/mol. The topological polar surface area (TPSA) is 4.93 Å². The summed E-state index contributed by atoms with van der Waals surface area (Å²) in [6.45, 7) is 0.855. The van der Waals surface area contributed by atoms with Crippen molar-refractivity contribution >= 4 is 22.5 Å². The summed E-state index contributed by atoms with van der Waals surface area (Å²) in [5.74, 6) is 0. The fourth-order valence-corrected chi connectivity index (χ4v) is 2.32. The second-order valence-corrected chi connectivity index (χ2v) is 4.57. The molecule has 1 aromatic heterocycles. The summed E-state index contributed by atoms with van der Waals surface area (Å²) in [6, 6.07) is 18.5. The van der Waals surface area contributed by atoms with Crippen LogP contribution in [0.4, 0.5) is 0 Å². The number of hydrogen-bond acceptors (Lipinski definition) is 0. The molecule has 0 unspecified atom stereocenters. The molecule has 17 heavy (non-hydrogen) atoms. The van der Waals surface area contributed by atoms with Crippen LogP contribution in [-0.2, 0) is 6.54 Å². The molecule has 0 spiro atoms. The van der Waals surface area contributed by atoms with Crippen LogP contribution in [0.15, 0.2) is 60.8 Å². The van der Waals surface area contributed by atoms with Crippen molar-refractivity contribution in [1.29, 1.82) is 0 Å². The van der Waals surface area contributed by atoms with E-state index in [0.29, 0.717) is 0 Å².